The first kappa shape index (κ1) is 23.9. The average Bonchev–Trinajstić information content (AvgIpc) is 3.25. The quantitative estimate of drug-likeness (QED) is 0.663. The van der Waals surface area contributed by atoms with E-state index in [1.165, 1.54) is 29.4 Å². The van der Waals surface area contributed by atoms with Crippen molar-refractivity contribution in [1.29, 1.82) is 0 Å². The summed E-state index contributed by atoms with van der Waals surface area (Å²) in [4.78, 5) is 18.8. The summed E-state index contributed by atoms with van der Waals surface area (Å²) in [5.74, 6) is -0.954. The fraction of sp³-hybridized carbons (Fsp3) is 0.409. The number of benzene rings is 1. The second-order valence-electron chi connectivity index (χ2n) is 7.89. The summed E-state index contributed by atoms with van der Waals surface area (Å²) >= 11 is 0. The predicted octanol–water partition coefficient (Wildman–Crippen LogP) is 3.31. The Kier molecular flexibility index (Phi) is 6.98. The zero-order chi connectivity index (χ0) is 24.3. The Labute approximate surface area is 193 Å². The number of nitrogens with zero attached hydrogens (tertiary/aromatic N) is 4. The molecular weight excluding hydrogens is 458 g/mol. The average molecular weight is 481 g/mol. The molecule has 0 spiro atoms. The summed E-state index contributed by atoms with van der Waals surface area (Å²) < 4.78 is 59.6. The lowest BCUT2D eigenvalue weighted by atomic mass is 10.0. The molecule has 34 heavy (non-hydrogen) atoms. The van der Waals surface area contributed by atoms with Crippen molar-refractivity contribution in [3.63, 3.8) is 0 Å². The van der Waals surface area contributed by atoms with E-state index in [4.69, 9.17) is 4.74 Å². The SMILES string of the molecule is C[C@@H](NC(=O)N1C[C@@H](N2CCOCC2)C(c2ccc(F)cc2)=N1)c1ccc(OC(F)(F)F)nc1. The monoisotopic (exact) mass is 481 g/mol. The van der Waals surface area contributed by atoms with Crippen molar-refractivity contribution in [2.24, 2.45) is 5.10 Å². The number of hydrogen-bond donors (Lipinski definition) is 1. The van der Waals surface area contributed by atoms with Crippen LogP contribution < -0.4 is 10.1 Å². The predicted molar refractivity (Wildman–Crippen MR) is 114 cm³/mol. The molecule has 1 N–H and O–H groups in total. The largest absolute Gasteiger partial charge is 0.574 e. The van der Waals surface area contributed by atoms with Gasteiger partial charge in [-0.3, -0.25) is 4.90 Å². The molecule has 1 aromatic carbocycles. The summed E-state index contributed by atoms with van der Waals surface area (Å²) in [6, 6.07) is 7.22. The van der Waals surface area contributed by atoms with Gasteiger partial charge in [-0.15, -0.1) is 13.2 Å². The Balaban J connectivity index is 1.46. The molecule has 2 aliphatic heterocycles. The van der Waals surface area contributed by atoms with E-state index in [1.807, 2.05) is 0 Å². The molecule has 0 aliphatic carbocycles. The highest BCUT2D eigenvalue weighted by Crippen LogP contribution is 2.24. The van der Waals surface area contributed by atoms with Crippen LogP contribution in [0.5, 0.6) is 5.88 Å². The van der Waals surface area contributed by atoms with E-state index >= 15 is 0 Å². The minimum atomic E-state index is -4.83. The molecule has 2 amide bonds. The molecule has 3 heterocycles. The molecule has 1 saturated heterocycles. The number of alkyl halides is 3. The molecule has 2 aliphatic rings. The van der Waals surface area contributed by atoms with Crippen LogP contribution in [0.3, 0.4) is 0 Å². The van der Waals surface area contributed by atoms with Crippen LogP contribution in [0.2, 0.25) is 0 Å². The third kappa shape index (κ3) is 5.81. The molecule has 0 radical (unpaired) electrons. The first-order valence-electron chi connectivity index (χ1n) is 10.7. The van der Waals surface area contributed by atoms with Gasteiger partial charge in [-0.1, -0.05) is 18.2 Å². The van der Waals surface area contributed by atoms with Crippen LogP contribution in [-0.2, 0) is 4.74 Å². The number of halogens is 4. The van der Waals surface area contributed by atoms with Crippen LogP contribution in [0, 0.1) is 5.82 Å². The topological polar surface area (TPSA) is 79.3 Å². The van der Waals surface area contributed by atoms with Crippen LogP contribution in [0.25, 0.3) is 0 Å². The number of nitrogens with one attached hydrogen (secondary N) is 1. The first-order valence-corrected chi connectivity index (χ1v) is 10.7. The van der Waals surface area contributed by atoms with Crippen molar-refractivity contribution < 1.29 is 31.8 Å². The third-order valence-electron chi connectivity index (χ3n) is 5.57. The molecule has 0 saturated carbocycles. The van der Waals surface area contributed by atoms with E-state index in [0.29, 0.717) is 49.7 Å². The number of urea groups is 1. The molecule has 4 rings (SSSR count). The maximum Gasteiger partial charge on any atom is 0.574 e. The van der Waals surface area contributed by atoms with Gasteiger partial charge in [-0.2, -0.15) is 5.10 Å². The fourth-order valence-corrected chi connectivity index (χ4v) is 3.83. The Morgan fingerprint density at radius 3 is 2.50 bits per heavy atom. The highest BCUT2D eigenvalue weighted by molar-refractivity contribution is 6.06. The fourth-order valence-electron chi connectivity index (χ4n) is 3.83. The Bertz CT molecular complexity index is 1020. The van der Waals surface area contributed by atoms with Crippen LogP contribution >= 0.6 is 0 Å². The summed E-state index contributed by atoms with van der Waals surface area (Å²) in [5.41, 5.74) is 1.86. The van der Waals surface area contributed by atoms with Crippen LogP contribution in [0.1, 0.15) is 24.1 Å². The number of pyridine rings is 1. The van der Waals surface area contributed by atoms with Crippen molar-refractivity contribution >= 4 is 11.7 Å². The van der Waals surface area contributed by atoms with Crippen molar-refractivity contribution in [1.82, 2.24) is 20.2 Å². The van der Waals surface area contributed by atoms with Crippen LogP contribution in [0.4, 0.5) is 22.4 Å². The van der Waals surface area contributed by atoms with E-state index in [0.717, 1.165) is 6.07 Å². The minimum Gasteiger partial charge on any atom is -0.388 e. The number of hydrazone groups is 1. The maximum atomic E-state index is 13.4. The van der Waals surface area contributed by atoms with E-state index < -0.39 is 24.3 Å². The molecule has 1 aromatic heterocycles. The Morgan fingerprint density at radius 2 is 1.88 bits per heavy atom. The summed E-state index contributed by atoms with van der Waals surface area (Å²) in [6.07, 6.45) is -3.62. The second kappa shape index (κ2) is 9.94. The molecule has 1 fully saturated rings. The van der Waals surface area contributed by atoms with Crippen molar-refractivity contribution in [3.8, 4) is 5.88 Å². The minimum absolute atomic E-state index is 0.184. The number of ether oxygens (including phenoxy) is 2. The number of amides is 2. The van der Waals surface area contributed by atoms with Gasteiger partial charge < -0.3 is 14.8 Å². The van der Waals surface area contributed by atoms with Gasteiger partial charge in [0.25, 0.3) is 0 Å². The molecule has 12 heteroatoms. The van der Waals surface area contributed by atoms with Gasteiger partial charge >= 0.3 is 12.4 Å². The maximum absolute atomic E-state index is 13.4. The van der Waals surface area contributed by atoms with Gasteiger partial charge in [0.05, 0.1) is 37.6 Å². The Morgan fingerprint density at radius 1 is 1.18 bits per heavy atom. The highest BCUT2D eigenvalue weighted by Gasteiger charge is 2.36. The standard InChI is InChI=1S/C22H23F4N5O3/c1-14(16-4-7-19(27-12-16)34-22(24,25)26)28-21(32)31-13-18(30-8-10-33-11-9-30)20(29-31)15-2-5-17(23)6-3-15/h2-7,12,14,18H,8-11,13H2,1H3,(H,28,32)/t14-,18-/m1/s1. The molecule has 2 atom stereocenters. The second-order valence-corrected chi connectivity index (χ2v) is 7.89. The smallest absolute Gasteiger partial charge is 0.388 e. The number of carbonyl (C=O) groups is 1. The van der Waals surface area contributed by atoms with Crippen molar-refractivity contribution in [2.75, 3.05) is 32.8 Å². The van der Waals surface area contributed by atoms with Crippen molar-refractivity contribution in [2.45, 2.75) is 25.4 Å². The molecule has 0 unspecified atom stereocenters. The van der Waals surface area contributed by atoms with Gasteiger partial charge in [-0.25, -0.2) is 19.2 Å². The van der Waals surface area contributed by atoms with Crippen LogP contribution in [-0.4, -0.2) is 71.9 Å². The normalized spacial score (nSPS) is 20.1. The lowest BCUT2D eigenvalue weighted by Crippen LogP contribution is -2.49. The van der Waals surface area contributed by atoms with Crippen molar-refractivity contribution in [3.05, 3.63) is 59.5 Å². The molecule has 182 valence electrons. The number of morpholine rings is 1. The molecular formula is C22H23F4N5O3. The molecule has 8 nitrogen and oxygen atoms in total. The summed E-state index contributed by atoms with van der Waals surface area (Å²) in [6.45, 7) is 4.46. The third-order valence-corrected chi connectivity index (χ3v) is 5.57. The summed E-state index contributed by atoms with van der Waals surface area (Å²) in [5, 5.41) is 8.61. The molecule has 2 aromatic rings. The van der Waals surface area contributed by atoms with Gasteiger partial charge in [0, 0.05) is 25.4 Å². The van der Waals surface area contributed by atoms with E-state index in [9.17, 15) is 22.4 Å². The van der Waals surface area contributed by atoms with Gasteiger partial charge in [0.1, 0.15) is 5.82 Å². The zero-order valence-electron chi connectivity index (χ0n) is 18.3. The number of carbonyl (C=O) groups excluding carboxylic acids is 1. The number of rotatable bonds is 5. The Hall–Kier alpha value is -3.25. The van der Waals surface area contributed by atoms with E-state index in [2.05, 4.69) is 25.0 Å². The zero-order valence-corrected chi connectivity index (χ0v) is 18.3. The van der Waals surface area contributed by atoms with Gasteiger partial charge in [0.15, 0.2) is 0 Å². The lowest BCUT2D eigenvalue weighted by Gasteiger charge is -2.32. The van der Waals surface area contributed by atoms with E-state index in [1.54, 1.807) is 19.1 Å². The first-order chi connectivity index (χ1) is 16.2. The van der Waals surface area contributed by atoms with Crippen LogP contribution in [0.15, 0.2) is 47.7 Å². The highest BCUT2D eigenvalue weighted by atomic mass is 19.4. The number of hydrogen-bond acceptors (Lipinski definition) is 6. The molecule has 0 bridgehead atoms. The van der Waals surface area contributed by atoms with E-state index in [-0.39, 0.29) is 11.9 Å². The summed E-state index contributed by atoms with van der Waals surface area (Å²) in [7, 11) is 0. The van der Waals surface area contributed by atoms with Gasteiger partial charge in [-0.05, 0) is 30.2 Å². The lowest BCUT2D eigenvalue weighted by molar-refractivity contribution is -0.276. The van der Waals surface area contributed by atoms with Gasteiger partial charge in [0.2, 0.25) is 5.88 Å². The number of aromatic nitrogens is 1.